The second-order valence-corrected chi connectivity index (χ2v) is 5.41. The molecule has 0 radical (unpaired) electrons. The molecule has 3 rings (SSSR count). The van der Waals surface area contributed by atoms with Crippen LogP contribution in [0.2, 0.25) is 5.02 Å². The van der Waals surface area contributed by atoms with Gasteiger partial charge in [-0.3, -0.25) is 4.79 Å². The van der Waals surface area contributed by atoms with E-state index in [0.29, 0.717) is 17.0 Å². The maximum Gasteiger partial charge on any atom is 0.169 e. The molecule has 1 N–H and O–H groups in total. The molecule has 0 saturated carbocycles. The van der Waals surface area contributed by atoms with Crippen LogP contribution in [0.5, 0.6) is 0 Å². The molecule has 1 aromatic heterocycles. The fourth-order valence-corrected chi connectivity index (χ4v) is 2.48. The van der Waals surface area contributed by atoms with Crippen LogP contribution in [0.3, 0.4) is 0 Å². The summed E-state index contributed by atoms with van der Waals surface area (Å²) in [6.45, 7) is 2.03. The first-order valence-electron chi connectivity index (χ1n) is 6.49. The zero-order valence-corrected chi connectivity index (χ0v) is 11.9. The maximum absolute atomic E-state index is 12.4. The van der Waals surface area contributed by atoms with Crippen molar-refractivity contribution in [2.24, 2.45) is 0 Å². The Morgan fingerprint density at radius 3 is 2.65 bits per heavy atom. The lowest BCUT2D eigenvalue weighted by atomic mass is 10.0. The molecule has 0 saturated heterocycles. The smallest absolute Gasteiger partial charge is 0.169 e. The van der Waals surface area contributed by atoms with E-state index in [1.807, 2.05) is 49.4 Å². The molecule has 3 aromatic rings. The third kappa shape index (κ3) is 2.47. The molecule has 100 valence electrons. The summed E-state index contributed by atoms with van der Waals surface area (Å²) < 4.78 is 0. The summed E-state index contributed by atoms with van der Waals surface area (Å²) in [6.07, 6.45) is 2.16. The van der Waals surface area contributed by atoms with Crippen molar-refractivity contribution < 1.29 is 4.79 Å². The van der Waals surface area contributed by atoms with Crippen LogP contribution in [0.25, 0.3) is 10.9 Å². The van der Waals surface area contributed by atoms with Crippen LogP contribution in [-0.4, -0.2) is 10.8 Å². The summed E-state index contributed by atoms with van der Waals surface area (Å²) in [6, 6.07) is 13.6. The van der Waals surface area contributed by atoms with Crippen LogP contribution in [0.15, 0.2) is 48.7 Å². The standard InChI is InChI=1S/C17H14ClNO/c1-11-2-4-12(5-3-11)8-17(20)15-10-19-16-7-6-13(18)9-14(15)16/h2-7,9-10,19H,8H2,1H3. The number of benzene rings is 2. The number of hydrogen-bond donors (Lipinski definition) is 1. The van der Waals surface area contributed by atoms with E-state index in [1.165, 1.54) is 5.56 Å². The number of Topliss-reactive ketones (excluding diaryl/α,β-unsaturated/α-hetero) is 1. The summed E-state index contributed by atoms with van der Waals surface area (Å²) in [7, 11) is 0. The molecule has 0 bridgehead atoms. The van der Waals surface area contributed by atoms with Gasteiger partial charge < -0.3 is 4.98 Å². The van der Waals surface area contributed by atoms with Gasteiger partial charge in [0.2, 0.25) is 0 Å². The molecule has 0 aliphatic heterocycles. The quantitative estimate of drug-likeness (QED) is 0.703. The van der Waals surface area contributed by atoms with Gasteiger partial charge in [0.05, 0.1) is 0 Å². The number of aromatic amines is 1. The van der Waals surface area contributed by atoms with E-state index in [2.05, 4.69) is 4.98 Å². The van der Waals surface area contributed by atoms with E-state index in [-0.39, 0.29) is 5.78 Å². The Labute approximate surface area is 122 Å². The predicted molar refractivity (Wildman–Crippen MR) is 82.5 cm³/mol. The molecule has 0 aliphatic rings. The molecule has 0 spiro atoms. The van der Waals surface area contributed by atoms with E-state index in [0.717, 1.165) is 16.5 Å². The van der Waals surface area contributed by atoms with Gasteiger partial charge in [0.1, 0.15) is 0 Å². The van der Waals surface area contributed by atoms with Crippen molar-refractivity contribution in [1.29, 1.82) is 0 Å². The SMILES string of the molecule is Cc1ccc(CC(=O)c2c[nH]c3ccc(Cl)cc23)cc1. The molecular weight excluding hydrogens is 270 g/mol. The van der Waals surface area contributed by atoms with Crippen molar-refractivity contribution in [2.45, 2.75) is 13.3 Å². The Morgan fingerprint density at radius 2 is 1.90 bits per heavy atom. The highest BCUT2D eigenvalue weighted by Gasteiger charge is 2.12. The number of nitrogens with one attached hydrogen (secondary N) is 1. The molecule has 0 fully saturated rings. The fraction of sp³-hybridized carbons (Fsp3) is 0.118. The average molecular weight is 284 g/mol. The van der Waals surface area contributed by atoms with Gasteiger partial charge in [0, 0.05) is 34.1 Å². The number of ketones is 1. The van der Waals surface area contributed by atoms with Crippen molar-refractivity contribution in [3.63, 3.8) is 0 Å². The highest BCUT2D eigenvalue weighted by molar-refractivity contribution is 6.31. The van der Waals surface area contributed by atoms with Crippen molar-refractivity contribution in [3.05, 3.63) is 70.4 Å². The number of rotatable bonds is 3. The Kier molecular flexibility index (Phi) is 3.33. The topological polar surface area (TPSA) is 32.9 Å². The first kappa shape index (κ1) is 12.9. The monoisotopic (exact) mass is 283 g/mol. The lowest BCUT2D eigenvalue weighted by molar-refractivity contribution is 0.0994. The van der Waals surface area contributed by atoms with Gasteiger partial charge in [-0.2, -0.15) is 0 Å². The number of hydrogen-bond acceptors (Lipinski definition) is 1. The molecule has 1 heterocycles. The molecule has 0 aliphatic carbocycles. The molecule has 0 unspecified atom stereocenters. The van der Waals surface area contributed by atoms with E-state index in [1.54, 1.807) is 6.20 Å². The number of aromatic nitrogens is 1. The minimum atomic E-state index is 0.0994. The van der Waals surface area contributed by atoms with Crippen molar-refractivity contribution in [3.8, 4) is 0 Å². The molecule has 0 atom stereocenters. The zero-order chi connectivity index (χ0) is 14.1. The maximum atomic E-state index is 12.4. The van der Waals surface area contributed by atoms with E-state index in [9.17, 15) is 4.79 Å². The Morgan fingerprint density at radius 1 is 1.15 bits per heavy atom. The largest absolute Gasteiger partial charge is 0.360 e. The van der Waals surface area contributed by atoms with Gasteiger partial charge in [0.15, 0.2) is 5.78 Å². The molecule has 2 aromatic carbocycles. The zero-order valence-electron chi connectivity index (χ0n) is 11.1. The van der Waals surface area contributed by atoms with Gasteiger partial charge in [0.25, 0.3) is 0 Å². The Bertz CT molecular complexity index is 771. The number of carbonyl (C=O) groups is 1. The Hall–Kier alpha value is -2.06. The van der Waals surface area contributed by atoms with Gasteiger partial charge in [-0.1, -0.05) is 41.4 Å². The minimum absolute atomic E-state index is 0.0994. The summed E-state index contributed by atoms with van der Waals surface area (Å²) >= 11 is 6.00. The average Bonchev–Trinajstić information content (AvgIpc) is 2.84. The number of carbonyl (C=O) groups excluding carboxylic acids is 1. The second kappa shape index (κ2) is 5.14. The van der Waals surface area contributed by atoms with Crippen LogP contribution in [0.4, 0.5) is 0 Å². The van der Waals surface area contributed by atoms with E-state index in [4.69, 9.17) is 11.6 Å². The highest BCUT2D eigenvalue weighted by atomic mass is 35.5. The van der Waals surface area contributed by atoms with Gasteiger partial charge in [-0.05, 0) is 30.7 Å². The molecule has 2 nitrogen and oxygen atoms in total. The lowest BCUT2D eigenvalue weighted by Gasteiger charge is -2.01. The molecular formula is C17H14ClNO. The van der Waals surface area contributed by atoms with Crippen LogP contribution < -0.4 is 0 Å². The van der Waals surface area contributed by atoms with Crippen LogP contribution in [-0.2, 0) is 6.42 Å². The third-order valence-corrected chi connectivity index (χ3v) is 3.66. The third-order valence-electron chi connectivity index (χ3n) is 3.43. The number of fused-ring (bicyclic) bond motifs is 1. The van der Waals surface area contributed by atoms with Crippen molar-refractivity contribution in [2.75, 3.05) is 0 Å². The minimum Gasteiger partial charge on any atom is -0.360 e. The first-order valence-corrected chi connectivity index (χ1v) is 6.86. The summed E-state index contributed by atoms with van der Waals surface area (Å²) in [5.41, 5.74) is 3.85. The summed E-state index contributed by atoms with van der Waals surface area (Å²) in [5.74, 6) is 0.0994. The highest BCUT2D eigenvalue weighted by Crippen LogP contribution is 2.23. The van der Waals surface area contributed by atoms with Crippen LogP contribution in [0, 0.1) is 6.92 Å². The molecule has 0 amide bonds. The molecule has 3 heteroatoms. The summed E-state index contributed by atoms with van der Waals surface area (Å²) in [4.78, 5) is 15.5. The fourth-order valence-electron chi connectivity index (χ4n) is 2.31. The lowest BCUT2D eigenvalue weighted by Crippen LogP contribution is -2.02. The number of H-pyrrole nitrogens is 1. The van der Waals surface area contributed by atoms with Gasteiger partial charge in [-0.15, -0.1) is 0 Å². The van der Waals surface area contributed by atoms with Crippen LogP contribution >= 0.6 is 11.6 Å². The Balaban J connectivity index is 1.92. The van der Waals surface area contributed by atoms with Crippen LogP contribution in [0.1, 0.15) is 21.5 Å². The van der Waals surface area contributed by atoms with E-state index >= 15 is 0 Å². The predicted octanol–water partition coefficient (Wildman–Crippen LogP) is 4.56. The number of aryl methyl sites for hydroxylation is 1. The van der Waals surface area contributed by atoms with E-state index < -0.39 is 0 Å². The summed E-state index contributed by atoms with van der Waals surface area (Å²) in [5, 5.41) is 1.52. The van der Waals surface area contributed by atoms with Crippen molar-refractivity contribution in [1.82, 2.24) is 4.98 Å². The van der Waals surface area contributed by atoms with Gasteiger partial charge >= 0.3 is 0 Å². The normalized spacial score (nSPS) is 10.9. The second-order valence-electron chi connectivity index (χ2n) is 4.98. The first-order chi connectivity index (χ1) is 9.63. The van der Waals surface area contributed by atoms with Gasteiger partial charge in [-0.25, -0.2) is 0 Å². The number of halogens is 1. The molecule has 20 heavy (non-hydrogen) atoms. The van der Waals surface area contributed by atoms with Crippen molar-refractivity contribution >= 4 is 28.3 Å².